The van der Waals surface area contributed by atoms with Gasteiger partial charge in [-0.25, -0.2) is 8.78 Å². The first-order valence-electron chi connectivity index (χ1n) is 5.30. The number of hydrogen-bond acceptors (Lipinski definition) is 3. The molecule has 0 radical (unpaired) electrons. The number of halogens is 2. The molecule has 1 aromatic carbocycles. The van der Waals surface area contributed by atoms with Crippen LogP contribution in [0.5, 0.6) is 5.75 Å². The van der Waals surface area contributed by atoms with Gasteiger partial charge in [0.15, 0.2) is 11.6 Å². The van der Waals surface area contributed by atoms with Crippen LogP contribution in [0.1, 0.15) is 11.5 Å². The summed E-state index contributed by atoms with van der Waals surface area (Å²) < 4.78 is 37.0. The van der Waals surface area contributed by atoms with Gasteiger partial charge in [-0.2, -0.15) is 0 Å². The average molecular weight is 245 g/mol. The molecule has 0 aliphatic heterocycles. The highest BCUT2D eigenvalue weighted by Gasteiger charge is 2.18. The Kier molecular flexibility index (Phi) is 5.31. The van der Waals surface area contributed by atoms with Crippen molar-refractivity contribution in [3.63, 3.8) is 0 Å². The van der Waals surface area contributed by atoms with E-state index in [9.17, 15) is 8.78 Å². The quantitative estimate of drug-likeness (QED) is 0.830. The third-order valence-corrected chi connectivity index (χ3v) is 2.53. The van der Waals surface area contributed by atoms with E-state index in [4.69, 9.17) is 9.47 Å². The SMILES string of the molecule is CNCC(COC)c1cc(F)c(OC)cc1F. The van der Waals surface area contributed by atoms with E-state index in [1.54, 1.807) is 7.05 Å². The molecule has 96 valence electrons. The minimum atomic E-state index is -0.568. The van der Waals surface area contributed by atoms with Crippen LogP contribution in [0.25, 0.3) is 0 Å². The summed E-state index contributed by atoms with van der Waals surface area (Å²) in [5.41, 5.74) is 0.291. The lowest BCUT2D eigenvalue weighted by molar-refractivity contribution is 0.177. The molecule has 0 saturated heterocycles. The van der Waals surface area contributed by atoms with E-state index in [1.165, 1.54) is 14.2 Å². The van der Waals surface area contributed by atoms with E-state index in [1.807, 2.05) is 0 Å². The van der Waals surface area contributed by atoms with Crippen molar-refractivity contribution >= 4 is 0 Å². The lowest BCUT2D eigenvalue weighted by atomic mass is 9.99. The van der Waals surface area contributed by atoms with Crippen molar-refractivity contribution in [2.24, 2.45) is 0 Å². The van der Waals surface area contributed by atoms with Crippen molar-refractivity contribution in [3.8, 4) is 5.75 Å². The molecule has 0 saturated carbocycles. The summed E-state index contributed by atoms with van der Waals surface area (Å²) in [6.07, 6.45) is 0. The van der Waals surface area contributed by atoms with Gasteiger partial charge in [-0.05, 0) is 18.7 Å². The van der Waals surface area contributed by atoms with E-state index < -0.39 is 11.6 Å². The Bertz CT molecular complexity index is 366. The van der Waals surface area contributed by atoms with Crippen LogP contribution in [0.3, 0.4) is 0 Å². The fraction of sp³-hybridized carbons (Fsp3) is 0.500. The van der Waals surface area contributed by atoms with Crippen molar-refractivity contribution < 1.29 is 18.3 Å². The maximum atomic E-state index is 13.8. The van der Waals surface area contributed by atoms with Crippen molar-refractivity contribution in [3.05, 3.63) is 29.3 Å². The number of likely N-dealkylation sites (N-methyl/N-ethyl adjacent to an activating group) is 1. The van der Waals surface area contributed by atoms with E-state index in [0.29, 0.717) is 18.7 Å². The molecular weight excluding hydrogens is 228 g/mol. The van der Waals surface area contributed by atoms with Crippen LogP contribution in [-0.4, -0.2) is 34.4 Å². The van der Waals surface area contributed by atoms with Gasteiger partial charge in [-0.15, -0.1) is 0 Å². The molecule has 0 aliphatic rings. The second kappa shape index (κ2) is 6.51. The Hall–Kier alpha value is -1.20. The summed E-state index contributed by atoms with van der Waals surface area (Å²) >= 11 is 0. The zero-order valence-electron chi connectivity index (χ0n) is 10.2. The van der Waals surface area contributed by atoms with Gasteiger partial charge in [-0.3, -0.25) is 0 Å². The van der Waals surface area contributed by atoms with Gasteiger partial charge in [0, 0.05) is 25.6 Å². The van der Waals surface area contributed by atoms with Crippen molar-refractivity contribution in [2.75, 3.05) is 34.4 Å². The highest BCUT2D eigenvalue weighted by Crippen LogP contribution is 2.26. The molecule has 0 heterocycles. The molecule has 1 aromatic rings. The Balaban J connectivity index is 3.05. The second-order valence-corrected chi connectivity index (χ2v) is 3.72. The Morgan fingerprint density at radius 2 is 1.94 bits per heavy atom. The molecule has 1 N–H and O–H groups in total. The van der Waals surface area contributed by atoms with Crippen LogP contribution in [0, 0.1) is 11.6 Å². The maximum Gasteiger partial charge on any atom is 0.165 e. The number of methoxy groups -OCH3 is 2. The first kappa shape index (κ1) is 13.9. The van der Waals surface area contributed by atoms with E-state index in [-0.39, 0.29) is 11.7 Å². The maximum absolute atomic E-state index is 13.8. The van der Waals surface area contributed by atoms with Crippen LogP contribution in [0.2, 0.25) is 0 Å². The molecule has 0 bridgehead atoms. The third kappa shape index (κ3) is 3.38. The van der Waals surface area contributed by atoms with Crippen LogP contribution in [0.15, 0.2) is 12.1 Å². The average Bonchev–Trinajstić information content (AvgIpc) is 2.31. The molecule has 5 heteroatoms. The van der Waals surface area contributed by atoms with Crippen LogP contribution in [0.4, 0.5) is 8.78 Å². The van der Waals surface area contributed by atoms with Crippen molar-refractivity contribution in [2.45, 2.75) is 5.92 Å². The van der Waals surface area contributed by atoms with Gasteiger partial charge in [-0.1, -0.05) is 0 Å². The molecule has 0 spiro atoms. The Labute approximate surface area is 99.7 Å². The number of nitrogens with one attached hydrogen (secondary N) is 1. The zero-order valence-corrected chi connectivity index (χ0v) is 10.2. The Morgan fingerprint density at radius 1 is 1.24 bits per heavy atom. The summed E-state index contributed by atoms with van der Waals surface area (Å²) in [5, 5.41) is 2.93. The molecule has 1 atom stereocenters. The van der Waals surface area contributed by atoms with Crippen LogP contribution in [-0.2, 0) is 4.74 Å². The molecule has 1 unspecified atom stereocenters. The third-order valence-electron chi connectivity index (χ3n) is 2.53. The Morgan fingerprint density at radius 3 is 2.47 bits per heavy atom. The highest BCUT2D eigenvalue weighted by molar-refractivity contribution is 5.33. The second-order valence-electron chi connectivity index (χ2n) is 3.72. The van der Waals surface area contributed by atoms with E-state index >= 15 is 0 Å². The minimum Gasteiger partial charge on any atom is -0.494 e. The molecule has 3 nitrogen and oxygen atoms in total. The molecule has 0 aliphatic carbocycles. The summed E-state index contributed by atoms with van der Waals surface area (Å²) in [7, 11) is 4.58. The first-order valence-corrected chi connectivity index (χ1v) is 5.30. The topological polar surface area (TPSA) is 30.5 Å². The lowest BCUT2D eigenvalue weighted by Gasteiger charge is -2.17. The monoisotopic (exact) mass is 245 g/mol. The number of benzene rings is 1. The van der Waals surface area contributed by atoms with Crippen LogP contribution >= 0.6 is 0 Å². The normalized spacial score (nSPS) is 12.5. The van der Waals surface area contributed by atoms with Gasteiger partial charge >= 0.3 is 0 Å². The summed E-state index contributed by atoms with van der Waals surface area (Å²) in [5.74, 6) is -1.38. The van der Waals surface area contributed by atoms with Gasteiger partial charge in [0.1, 0.15) is 5.82 Å². The molecular formula is C12H17F2NO2. The minimum absolute atomic E-state index is 0.0909. The van der Waals surface area contributed by atoms with Crippen LogP contribution < -0.4 is 10.1 Å². The highest BCUT2D eigenvalue weighted by atomic mass is 19.1. The predicted molar refractivity (Wildman–Crippen MR) is 61.5 cm³/mol. The fourth-order valence-corrected chi connectivity index (χ4v) is 1.72. The van der Waals surface area contributed by atoms with Gasteiger partial charge < -0.3 is 14.8 Å². The summed E-state index contributed by atoms with van der Waals surface area (Å²) in [6, 6.07) is 2.22. The van der Waals surface area contributed by atoms with Gasteiger partial charge in [0.2, 0.25) is 0 Å². The molecule has 17 heavy (non-hydrogen) atoms. The number of rotatable bonds is 6. The van der Waals surface area contributed by atoms with Crippen molar-refractivity contribution in [1.82, 2.24) is 5.32 Å². The molecule has 0 amide bonds. The standard InChI is InChI=1S/C12H17F2NO2/c1-15-6-8(7-16-2)9-4-11(14)12(17-3)5-10(9)13/h4-5,8,15H,6-7H2,1-3H3. The first-order chi connectivity index (χ1) is 8.13. The summed E-state index contributed by atoms with van der Waals surface area (Å²) in [4.78, 5) is 0. The fourth-order valence-electron chi connectivity index (χ4n) is 1.72. The van der Waals surface area contributed by atoms with E-state index in [0.717, 1.165) is 12.1 Å². The smallest absolute Gasteiger partial charge is 0.165 e. The number of hydrogen-bond donors (Lipinski definition) is 1. The molecule has 0 aromatic heterocycles. The zero-order chi connectivity index (χ0) is 12.8. The molecule has 0 fully saturated rings. The predicted octanol–water partition coefficient (Wildman–Crippen LogP) is 1.92. The largest absolute Gasteiger partial charge is 0.494 e. The van der Waals surface area contributed by atoms with Gasteiger partial charge in [0.25, 0.3) is 0 Å². The molecule has 1 rings (SSSR count). The number of ether oxygens (including phenoxy) is 2. The van der Waals surface area contributed by atoms with Crippen molar-refractivity contribution in [1.29, 1.82) is 0 Å². The van der Waals surface area contributed by atoms with Gasteiger partial charge in [0.05, 0.1) is 13.7 Å². The van der Waals surface area contributed by atoms with E-state index in [2.05, 4.69) is 5.32 Å². The lowest BCUT2D eigenvalue weighted by Crippen LogP contribution is -2.22. The summed E-state index contributed by atoms with van der Waals surface area (Å²) in [6.45, 7) is 0.833.